The van der Waals surface area contributed by atoms with E-state index in [1.54, 1.807) is 0 Å². The monoisotopic (exact) mass is 242 g/mol. The van der Waals surface area contributed by atoms with Crippen molar-refractivity contribution in [1.82, 2.24) is 0 Å². The lowest BCUT2D eigenvalue weighted by atomic mass is 9.88. The van der Waals surface area contributed by atoms with E-state index in [4.69, 9.17) is 4.74 Å². The number of aldehydes is 1. The fourth-order valence-corrected chi connectivity index (χ4v) is 2.19. The molecule has 3 nitrogen and oxygen atoms in total. The maximum Gasteiger partial charge on any atom is 0.305 e. The van der Waals surface area contributed by atoms with Crippen LogP contribution in [0.3, 0.4) is 0 Å². The molecule has 17 heavy (non-hydrogen) atoms. The summed E-state index contributed by atoms with van der Waals surface area (Å²) < 4.78 is 4.89. The fourth-order valence-electron chi connectivity index (χ4n) is 2.19. The Labute approximate surface area is 105 Å². The van der Waals surface area contributed by atoms with Gasteiger partial charge in [0.2, 0.25) is 0 Å². The number of hydrogen-bond acceptors (Lipinski definition) is 3. The van der Waals surface area contributed by atoms with E-state index in [2.05, 4.69) is 13.8 Å². The summed E-state index contributed by atoms with van der Waals surface area (Å²) in [5.74, 6) is 1.08. The minimum atomic E-state index is -0.103. The fraction of sp³-hybridized carbons (Fsp3) is 0.857. The Morgan fingerprint density at radius 2 is 1.82 bits per heavy atom. The van der Waals surface area contributed by atoms with E-state index < -0.39 is 0 Å². The van der Waals surface area contributed by atoms with Crippen LogP contribution < -0.4 is 0 Å². The SMILES string of the molecule is CCOC(=O)CC[C@@H](C)C[C@H](C)C[C@H](C)C=O. The number of carbonyl (C=O) groups excluding carboxylic acids is 2. The standard InChI is InChI=1S/C14H26O3/c1-5-17-14(16)7-6-11(2)8-12(3)9-13(4)10-15/h10-13H,5-9H2,1-4H3/t11-,12+,13+/m1/s1. The van der Waals surface area contributed by atoms with Crippen LogP contribution in [0, 0.1) is 17.8 Å². The van der Waals surface area contributed by atoms with E-state index in [1.165, 1.54) is 0 Å². The molecule has 3 heteroatoms. The van der Waals surface area contributed by atoms with Crippen LogP contribution in [0.4, 0.5) is 0 Å². The molecule has 0 rings (SSSR count). The molecule has 0 fully saturated rings. The molecule has 0 N–H and O–H groups in total. The van der Waals surface area contributed by atoms with Crippen LogP contribution in [0.15, 0.2) is 0 Å². The van der Waals surface area contributed by atoms with Crippen molar-refractivity contribution in [3.63, 3.8) is 0 Å². The molecule has 0 aliphatic rings. The van der Waals surface area contributed by atoms with E-state index in [-0.39, 0.29) is 11.9 Å². The minimum Gasteiger partial charge on any atom is -0.466 e. The molecule has 3 atom stereocenters. The van der Waals surface area contributed by atoms with E-state index in [0.717, 1.165) is 25.5 Å². The number of hydrogen-bond donors (Lipinski definition) is 0. The molecule has 0 aromatic carbocycles. The first kappa shape index (κ1) is 16.1. The molecule has 0 spiro atoms. The van der Waals surface area contributed by atoms with Crippen molar-refractivity contribution in [2.24, 2.45) is 17.8 Å². The van der Waals surface area contributed by atoms with Crippen molar-refractivity contribution in [3.05, 3.63) is 0 Å². The van der Waals surface area contributed by atoms with Crippen LogP contribution in [0.25, 0.3) is 0 Å². The van der Waals surface area contributed by atoms with Gasteiger partial charge in [0.05, 0.1) is 6.61 Å². The van der Waals surface area contributed by atoms with Gasteiger partial charge in [-0.25, -0.2) is 0 Å². The first-order valence-corrected chi connectivity index (χ1v) is 6.60. The van der Waals surface area contributed by atoms with Gasteiger partial charge in [0.25, 0.3) is 0 Å². The molecule has 0 radical (unpaired) electrons. The molecule has 0 amide bonds. The van der Waals surface area contributed by atoms with Crippen LogP contribution in [-0.4, -0.2) is 18.9 Å². The Kier molecular flexibility index (Phi) is 8.73. The third-order valence-electron chi connectivity index (χ3n) is 2.96. The zero-order chi connectivity index (χ0) is 13.3. The Bertz CT molecular complexity index is 226. The Morgan fingerprint density at radius 1 is 1.18 bits per heavy atom. The number of esters is 1. The predicted molar refractivity (Wildman–Crippen MR) is 68.7 cm³/mol. The second-order valence-electron chi connectivity index (χ2n) is 5.14. The van der Waals surface area contributed by atoms with Crippen LogP contribution >= 0.6 is 0 Å². The van der Waals surface area contributed by atoms with Crippen molar-refractivity contribution in [1.29, 1.82) is 0 Å². The third-order valence-corrected chi connectivity index (χ3v) is 2.96. The summed E-state index contributed by atoms with van der Waals surface area (Å²) in [7, 11) is 0. The topological polar surface area (TPSA) is 43.4 Å². The van der Waals surface area contributed by atoms with Crippen LogP contribution in [-0.2, 0) is 14.3 Å². The van der Waals surface area contributed by atoms with Gasteiger partial charge in [-0.3, -0.25) is 4.79 Å². The lowest BCUT2D eigenvalue weighted by Gasteiger charge is -2.18. The quantitative estimate of drug-likeness (QED) is 0.460. The Hall–Kier alpha value is -0.860. The maximum absolute atomic E-state index is 11.2. The number of rotatable bonds is 9. The van der Waals surface area contributed by atoms with E-state index in [1.807, 2.05) is 13.8 Å². The Morgan fingerprint density at radius 3 is 2.35 bits per heavy atom. The van der Waals surface area contributed by atoms with Crippen molar-refractivity contribution < 1.29 is 14.3 Å². The summed E-state index contributed by atoms with van der Waals surface area (Å²) >= 11 is 0. The average Bonchev–Trinajstić information content (AvgIpc) is 2.26. The largest absolute Gasteiger partial charge is 0.466 e. The highest BCUT2D eigenvalue weighted by atomic mass is 16.5. The lowest BCUT2D eigenvalue weighted by Crippen LogP contribution is -2.11. The summed E-state index contributed by atoms with van der Waals surface area (Å²) in [6.45, 7) is 8.56. The highest BCUT2D eigenvalue weighted by Crippen LogP contribution is 2.21. The van der Waals surface area contributed by atoms with Gasteiger partial charge in [-0.15, -0.1) is 0 Å². The molecule has 0 heterocycles. The Balaban J connectivity index is 3.73. The molecule has 0 saturated carbocycles. The minimum absolute atomic E-state index is 0.103. The normalized spacial score (nSPS) is 16.0. The molecule has 0 saturated heterocycles. The molecule has 0 aliphatic heterocycles. The van der Waals surface area contributed by atoms with Gasteiger partial charge in [0.15, 0.2) is 0 Å². The molecule has 100 valence electrons. The van der Waals surface area contributed by atoms with E-state index >= 15 is 0 Å². The number of carbonyl (C=O) groups is 2. The highest BCUT2D eigenvalue weighted by Gasteiger charge is 2.13. The number of ether oxygens (including phenoxy) is 1. The maximum atomic E-state index is 11.2. The summed E-state index contributed by atoms with van der Waals surface area (Å²) in [6, 6.07) is 0. The molecular formula is C14H26O3. The molecular weight excluding hydrogens is 216 g/mol. The average molecular weight is 242 g/mol. The second-order valence-corrected chi connectivity index (χ2v) is 5.14. The zero-order valence-corrected chi connectivity index (χ0v) is 11.6. The van der Waals surface area contributed by atoms with Gasteiger partial charge < -0.3 is 9.53 Å². The summed E-state index contributed by atoms with van der Waals surface area (Å²) in [4.78, 5) is 21.7. The highest BCUT2D eigenvalue weighted by molar-refractivity contribution is 5.69. The van der Waals surface area contributed by atoms with Crippen molar-refractivity contribution >= 4 is 12.3 Å². The summed E-state index contributed by atoms with van der Waals surface area (Å²) in [6.07, 6.45) is 4.40. The van der Waals surface area contributed by atoms with Gasteiger partial charge in [0.1, 0.15) is 6.29 Å². The second kappa shape index (κ2) is 9.20. The van der Waals surface area contributed by atoms with Crippen molar-refractivity contribution in [3.8, 4) is 0 Å². The summed E-state index contributed by atoms with van der Waals surface area (Å²) in [5, 5.41) is 0. The molecule has 0 aromatic heterocycles. The van der Waals surface area contributed by atoms with Crippen LogP contribution in [0.5, 0.6) is 0 Å². The molecule has 0 bridgehead atoms. The first-order valence-electron chi connectivity index (χ1n) is 6.60. The van der Waals surface area contributed by atoms with Crippen molar-refractivity contribution in [2.45, 2.75) is 53.4 Å². The van der Waals surface area contributed by atoms with Gasteiger partial charge in [-0.05, 0) is 38.0 Å². The first-order chi connectivity index (χ1) is 7.99. The van der Waals surface area contributed by atoms with Gasteiger partial charge >= 0.3 is 5.97 Å². The van der Waals surface area contributed by atoms with E-state index in [9.17, 15) is 9.59 Å². The van der Waals surface area contributed by atoms with Crippen LogP contribution in [0.1, 0.15) is 53.4 Å². The lowest BCUT2D eigenvalue weighted by molar-refractivity contribution is -0.143. The zero-order valence-electron chi connectivity index (χ0n) is 11.6. The smallest absolute Gasteiger partial charge is 0.305 e. The van der Waals surface area contributed by atoms with Crippen molar-refractivity contribution in [2.75, 3.05) is 6.61 Å². The summed E-state index contributed by atoms with van der Waals surface area (Å²) in [5.41, 5.74) is 0. The molecule has 0 unspecified atom stereocenters. The molecule has 0 aliphatic carbocycles. The van der Waals surface area contributed by atoms with E-state index in [0.29, 0.717) is 24.9 Å². The van der Waals surface area contributed by atoms with Crippen LogP contribution in [0.2, 0.25) is 0 Å². The molecule has 0 aromatic rings. The van der Waals surface area contributed by atoms with Gasteiger partial charge in [-0.1, -0.05) is 20.8 Å². The predicted octanol–water partition coefficient (Wildman–Crippen LogP) is 3.22. The van der Waals surface area contributed by atoms with Gasteiger partial charge in [-0.2, -0.15) is 0 Å². The van der Waals surface area contributed by atoms with Gasteiger partial charge in [0, 0.05) is 12.3 Å². The third kappa shape index (κ3) is 8.90.